The summed E-state index contributed by atoms with van der Waals surface area (Å²) in [7, 11) is 0. The zero-order valence-electron chi connectivity index (χ0n) is 13.3. The number of aliphatic hydroxyl groups is 2. The Morgan fingerprint density at radius 3 is 2.43 bits per heavy atom. The van der Waals surface area contributed by atoms with E-state index in [0.29, 0.717) is 0 Å². The van der Waals surface area contributed by atoms with Crippen LogP contribution >= 0.6 is 0 Å². The summed E-state index contributed by atoms with van der Waals surface area (Å²) in [4.78, 5) is 24.9. The van der Waals surface area contributed by atoms with E-state index in [4.69, 9.17) is 14.2 Å². The molecule has 2 fully saturated rings. The number of hydrogen-bond acceptors (Lipinski definition) is 7. The number of rotatable bonds is 3. The summed E-state index contributed by atoms with van der Waals surface area (Å²) in [6.07, 6.45) is 0.684. The van der Waals surface area contributed by atoms with Gasteiger partial charge in [0.25, 0.3) is 0 Å². The Labute approximate surface area is 133 Å². The van der Waals surface area contributed by atoms with Crippen LogP contribution in [-0.4, -0.2) is 69.3 Å². The van der Waals surface area contributed by atoms with Crippen molar-refractivity contribution < 1.29 is 34.0 Å². The van der Waals surface area contributed by atoms with Crippen molar-refractivity contribution in [3.8, 4) is 0 Å². The summed E-state index contributed by atoms with van der Waals surface area (Å²) in [6, 6.07) is 0. The molecule has 0 bridgehead atoms. The van der Waals surface area contributed by atoms with Crippen LogP contribution in [0.25, 0.3) is 0 Å². The van der Waals surface area contributed by atoms with Crippen molar-refractivity contribution in [3.63, 3.8) is 0 Å². The number of ketones is 1. The summed E-state index contributed by atoms with van der Waals surface area (Å²) in [5.74, 6) is -1.68. The van der Waals surface area contributed by atoms with Gasteiger partial charge in [0.15, 0.2) is 17.8 Å². The molecule has 8 heteroatoms. The molecule has 3 aliphatic rings. The highest BCUT2D eigenvalue weighted by molar-refractivity contribution is 6.06. The first-order valence-electron chi connectivity index (χ1n) is 7.47. The Hall–Kier alpha value is -1.32. The molecule has 0 aromatic rings. The summed E-state index contributed by atoms with van der Waals surface area (Å²) < 4.78 is 17.7. The molecule has 2 N–H and O–H groups in total. The molecule has 0 aliphatic carbocycles. The van der Waals surface area contributed by atoms with Gasteiger partial charge in [-0.05, 0) is 26.8 Å². The van der Waals surface area contributed by atoms with E-state index in [2.05, 4.69) is 0 Å². The molecule has 2 saturated heterocycles. The third kappa shape index (κ3) is 2.33. The highest BCUT2D eigenvalue weighted by Gasteiger charge is 2.71. The number of ether oxygens (including phenoxy) is 3. The van der Waals surface area contributed by atoms with Crippen LogP contribution in [0.1, 0.15) is 27.2 Å². The maximum absolute atomic E-state index is 12.2. The van der Waals surface area contributed by atoms with Crippen molar-refractivity contribution in [2.45, 2.75) is 56.5 Å². The Bertz CT molecular complexity index is 568. The third-order valence-electron chi connectivity index (χ3n) is 4.52. The number of aliphatic hydroxyl groups excluding tert-OH is 2. The molecule has 3 rings (SSSR count). The maximum atomic E-state index is 12.2. The lowest BCUT2D eigenvalue weighted by molar-refractivity contribution is -0.248. The molecule has 0 aromatic heterocycles. The second-order valence-corrected chi connectivity index (χ2v) is 6.79. The lowest BCUT2D eigenvalue weighted by Gasteiger charge is -2.36. The Kier molecular flexibility index (Phi) is 3.66. The lowest BCUT2D eigenvalue weighted by Crippen LogP contribution is -2.54. The van der Waals surface area contributed by atoms with Crippen molar-refractivity contribution in [1.29, 1.82) is 0 Å². The number of allylic oxidation sites excluding steroid dienone is 1. The second kappa shape index (κ2) is 5.09. The van der Waals surface area contributed by atoms with Gasteiger partial charge < -0.3 is 24.4 Å². The smallest absolute Gasteiger partial charge is 0.236 e. The molecule has 23 heavy (non-hydrogen) atoms. The summed E-state index contributed by atoms with van der Waals surface area (Å²) in [5.41, 5.74) is -2.50. The number of carbonyl (C=O) groups excluding carboxylic acids is 2. The largest absolute Gasteiger partial charge is 0.393 e. The predicted octanol–water partition coefficient (Wildman–Crippen LogP) is -0.709. The van der Waals surface area contributed by atoms with E-state index in [1.54, 1.807) is 20.8 Å². The van der Waals surface area contributed by atoms with Gasteiger partial charge in [0.05, 0.1) is 19.6 Å². The Morgan fingerprint density at radius 2 is 1.87 bits per heavy atom. The van der Waals surface area contributed by atoms with Crippen LogP contribution < -0.4 is 0 Å². The molecular weight excluding hydrogens is 306 g/mol. The Balaban J connectivity index is 2.03. The number of nitrogens with zero attached hydrogens (tertiary/aromatic N) is 1. The molecule has 1 amide bonds. The zero-order chi connectivity index (χ0) is 17.0. The molecule has 3 heterocycles. The first-order chi connectivity index (χ1) is 10.7. The van der Waals surface area contributed by atoms with Gasteiger partial charge in [-0.15, -0.1) is 0 Å². The molecule has 0 unspecified atom stereocenters. The minimum atomic E-state index is -1.40. The summed E-state index contributed by atoms with van der Waals surface area (Å²) >= 11 is 0. The van der Waals surface area contributed by atoms with Gasteiger partial charge in [0.1, 0.15) is 17.3 Å². The molecule has 0 radical (unpaired) electrons. The first kappa shape index (κ1) is 16.5. The van der Waals surface area contributed by atoms with Crippen LogP contribution in [0.4, 0.5) is 0 Å². The first-order valence-corrected chi connectivity index (χ1v) is 7.47. The SMILES string of the molecule is CC1(C)O[C@@H]2C(CO)(CO)O[C@@H](N3C=CC(=O)CC3=O)[C@]2(C)O1. The normalized spacial score (nSPS) is 38.2. The van der Waals surface area contributed by atoms with Crippen LogP contribution in [0.5, 0.6) is 0 Å². The quantitative estimate of drug-likeness (QED) is 0.660. The molecule has 0 spiro atoms. The van der Waals surface area contributed by atoms with E-state index >= 15 is 0 Å². The van der Waals surface area contributed by atoms with E-state index in [9.17, 15) is 19.8 Å². The molecule has 0 aromatic carbocycles. The van der Waals surface area contributed by atoms with Crippen LogP contribution in [0.3, 0.4) is 0 Å². The zero-order valence-corrected chi connectivity index (χ0v) is 13.3. The number of fused-ring (bicyclic) bond motifs is 1. The van der Waals surface area contributed by atoms with E-state index in [-0.39, 0.29) is 12.2 Å². The van der Waals surface area contributed by atoms with Gasteiger partial charge in [-0.1, -0.05) is 0 Å². The summed E-state index contributed by atoms with van der Waals surface area (Å²) in [5, 5.41) is 19.6. The van der Waals surface area contributed by atoms with Gasteiger partial charge in [-0.2, -0.15) is 0 Å². The molecule has 8 nitrogen and oxygen atoms in total. The van der Waals surface area contributed by atoms with Crippen molar-refractivity contribution in [3.05, 3.63) is 12.3 Å². The molecular formula is C15H21NO7. The van der Waals surface area contributed by atoms with Crippen molar-refractivity contribution in [1.82, 2.24) is 4.90 Å². The number of hydrogen-bond donors (Lipinski definition) is 2. The van der Waals surface area contributed by atoms with Crippen LogP contribution in [-0.2, 0) is 23.8 Å². The van der Waals surface area contributed by atoms with E-state index in [1.165, 1.54) is 17.2 Å². The van der Waals surface area contributed by atoms with Crippen molar-refractivity contribution in [2.24, 2.45) is 0 Å². The molecule has 3 aliphatic heterocycles. The van der Waals surface area contributed by atoms with Crippen LogP contribution in [0.15, 0.2) is 12.3 Å². The van der Waals surface area contributed by atoms with Gasteiger partial charge >= 0.3 is 0 Å². The standard InChI is InChI=1S/C15H21NO7/c1-13(2)21-11-14(3,23-13)12(22-15(11,7-17)8-18)16-5-4-9(19)6-10(16)20/h4-5,11-12,17-18H,6-8H2,1-3H3/t11-,12+,14+/m0/s1. The predicted molar refractivity (Wildman–Crippen MR) is 75.8 cm³/mol. The van der Waals surface area contributed by atoms with E-state index in [1.807, 2.05) is 0 Å². The fourth-order valence-corrected chi connectivity index (χ4v) is 3.60. The fraction of sp³-hybridized carbons (Fsp3) is 0.733. The van der Waals surface area contributed by atoms with E-state index in [0.717, 1.165) is 0 Å². The minimum Gasteiger partial charge on any atom is -0.393 e. The topological polar surface area (TPSA) is 106 Å². The highest BCUT2D eigenvalue weighted by Crippen LogP contribution is 2.51. The molecule has 0 saturated carbocycles. The van der Waals surface area contributed by atoms with Gasteiger partial charge in [-0.25, -0.2) is 0 Å². The van der Waals surface area contributed by atoms with Crippen molar-refractivity contribution in [2.75, 3.05) is 13.2 Å². The monoisotopic (exact) mass is 327 g/mol. The van der Waals surface area contributed by atoms with Gasteiger partial charge in [-0.3, -0.25) is 14.5 Å². The molecule has 128 valence electrons. The number of amides is 1. The second-order valence-electron chi connectivity index (χ2n) is 6.79. The lowest BCUT2D eigenvalue weighted by atomic mass is 9.88. The third-order valence-corrected chi connectivity index (χ3v) is 4.52. The number of carbonyl (C=O) groups is 2. The maximum Gasteiger partial charge on any atom is 0.236 e. The average molecular weight is 327 g/mol. The average Bonchev–Trinajstić information content (AvgIpc) is 2.84. The van der Waals surface area contributed by atoms with Gasteiger partial charge in [0.2, 0.25) is 5.91 Å². The van der Waals surface area contributed by atoms with Gasteiger partial charge in [0, 0.05) is 6.20 Å². The minimum absolute atomic E-state index is 0.257. The van der Waals surface area contributed by atoms with E-state index < -0.39 is 48.4 Å². The van der Waals surface area contributed by atoms with Crippen LogP contribution in [0.2, 0.25) is 0 Å². The summed E-state index contributed by atoms with van der Waals surface area (Å²) in [6.45, 7) is 4.14. The molecule has 3 atom stereocenters. The van der Waals surface area contributed by atoms with Crippen LogP contribution in [0, 0.1) is 0 Å². The highest BCUT2D eigenvalue weighted by atomic mass is 16.8. The Morgan fingerprint density at radius 1 is 1.22 bits per heavy atom. The van der Waals surface area contributed by atoms with Crippen molar-refractivity contribution >= 4 is 11.7 Å². The fourth-order valence-electron chi connectivity index (χ4n) is 3.60.